The summed E-state index contributed by atoms with van der Waals surface area (Å²) in [5.74, 6) is -0.561. The van der Waals surface area contributed by atoms with Crippen LogP contribution in [0, 0.1) is 0 Å². The Hall–Kier alpha value is -2.90. The Morgan fingerprint density at radius 1 is 1.04 bits per heavy atom. The van der Waals surface area contributed by atoms with E-state index in [1.165, 1.54) is 0 Å². The van der Waals surface area contributed by atoms with Crippen molar-refractivity contribution in [2.45, 2.75) is 0 Å². The summed E-state index contributed by atoms with van der Waals surface area (Å²) >= 11 is 11.0. The number of carbonyl (C=O) groups excluding carboxylic acids is 2. The summed E-state index contributed by atoms with van der Waals surface area (Å²) in [6.07, 6.45) is 1.58. The van der Waals surface area contributed by atoms with Gasteiger partial charge < -0.3 is 4.74 Å². The van der Waals surface area contributed by atoms with E-state index in [1.807, 2.05) is 0 Å². The Labute approximate surface area is 161 Å². The maximum atomic E-state index is 12.3. The number of carbonyl (C=O) groups is 2. The van der Waals surface area contributed by atoms with Gasteiger partial charge in [0.2, 0.25) is 0 Å². The van der Waals surface area contributed by atoms with Gasteiger partial charge in [-0.05, 0) is 36.5 Å². The first kappa shape index (κ1) is 19.4. The topological polar surface area (TPSA) is 79.5 Å². The van der Waals surface area contributed by atoms with Gasteiger partial charge in [0.05, 0.1) is 16.1 Å². The number of rotatable bonds is 5. The Kier molecular flexibility index (Phi) is 7.13. The lowest BCUT2D eigenvalue weighted by atomic mass is 10.2. The number of nitrogens with one attached hydrogen (secondary N) is 3. The highest BCUT2D eigenvalue weighted by atomic mass is 35.5. The van der Waals surface area contributed by atoms with E-state index < -0.39 is 11.8 Å². The van der Waals surface area contributed by atoms with Crippen molar-refractivity contribution in [3.05, 3.63) is 77.3 Å². The van der Waals surface area contributed by atoms with Gasteiger partial charge in [0, 0.05) is 0 Å². The fourth-order valence-corrected chi connectivity index (χ4v) is 2.32. The van der Waals surface area contributed by atoms with Crippen molar-refractivity contribution in [1.29, 1.82) is 0 Å². The molecule has 0 bridgehead atoms. The summed E-state index contributed by atoms with van der Waals surface area (Å²) in [7, 11) is 0. The third kappa shape index (κ3) is 5.30. The summed E-state index contributed by atoms with van der Waals surface area (Å²) < 4.78 is 5.43. The van der Waals surface area contributed by atoms with Crippen molar-refractivity contribution >= 4 is 40.7 Å². The monoisotopic (exact) mass is 389 g/mol. The highest BCUT2D eigenvalue weighted by Gasteiger charge is 2.14. The van der Waals surface area contributed by atoms with Crippen molar-refractivity contribution in [1.82, 2.24) is 16.2 Å². The molecule has 2 aromatic rings. The standard InChI is InChI=1S/C18H16ClN3O3S/c1-2-11-25-15-10-6-4-8-13(15)17(24)21-22-18(26)20-16(23)12-7-3-5-9-14(12)19/h2-10H,1,11H2,(H,21,24)(H2,20,22,23,26). The molecule has 0 saturated heterocycles. The SMILES string of the molecule is C=CCOc1ccccc1C(=O)NNC(=S)NC(=O)c1ccccc1Cl. The van der Waals surface area contributed by atoms with Crippen molar-refractivity contribution in [3.63, 3.8) is 0 Å². The van der Waals surface area contributed by atoms with E-state index in [0.29, 0.717) is 16.3 Å². The van der Waals surface area contributed by atoms with E-state index in [0.717, 1.165) is 0 Å². The quantitative estimate of drug-likeness (QED) is 0.416. The Balaban J connectivity index is 1.93. The minimum Gasteiger partial charge on any atom is -0.489 e. The first-order valence-corrected chi connectivity index (χ1v) is 8.30. The Bertz CT molecular complexity index is 842. The molecule has 0 aliphatic heterocycles. The Morgan fingerprint density at radius 3 is 2.38 bits per heavy atom. The number of benzene rings is 2. The molecule has 8 heteroatoms. The number of ether oxygens (including phenoxy) is 1. The van der Waals surface area contributed by atoms with Gasteiger partial charge in [-0.25, -0.2) is 0 Å². The maximum absolute atomic E-state index is 12.3. The Morgan fingerprint density at radius 2 is 1.69 bits per heavy atom. The van der Waals surface area contributed by atoms with E-state index in [4.69, 9.17) is 28.6 Å². The van der Waals surface area contributed by atoms with Gasteiger partial charge in [-0.15, -0.1) is 0 Å². The summed E-state index contributed by atoms with van der Waals surface area (Å²) in [4.78, 5) is 24.4. The van der Waals surface area contributed by atoms with Crippen molar-refractivity contribution in [2.75, 3.05) is 6.61 Å². The summed E-state index contributed by atoms with van der Waals surface area (Å²) in [5, 5.41) is 2.65. The molecule has 134 valence electrons. The lowest BCUT2D eigenvalue weighted by Gasteiger charge is -2.13. The molecule has 0 radical (unpaired) electrons. The minimum absolute atomic E-state index is 0.0761. The predicted octanol–water partition coefficient (Wildman–Crippen LogP) is 2.85. The number of hydrazine groups is 1. The zero-order valence-electron chi connectivity index (χ0n) is 13.6. The fourth-order valence-electron chi connectivity index (χ4n) is 1.96. The van der Waals surface area contributed by atoms with Gasteiger partial charge in [-0.1, -0.05) is 48.5 Å². The molecular formula is C18H16ClN3O3S. The average molecular weight is 390 g/mol. The lowest BCUT2D eigenvalue weighted by Crippen LogP contribution is -2.48. The number of thiocarbonyl (C=S) groups is 1. The molecule has 0 aliphatic carbocycles. The highest BCUT2D eigenvalue weighted by Crippen LogP contribution is 2.17. The molecule has 0 fully saturated rings. The van der Waals surface area contributed by atoms with Gasteiger partial charge >= 0.3 is 0 Å². The largest absolute Gasteiger partial charge is 0.489 e. The van der Waals surface area contributed by atoms with E-state index >= 15 is 0 Å². The van der Waals surface area contributed by atoms with Crippen LogP contribution in [0.5, 0.6) is 5.75 Å². The smallest absolute Gasteiger partial charge is 0.273 e. The second-order valence-electron chi connectivity index (χ2n) is 4.94. The van der Waals surface area contributed by atoms with Crippen LogP contribution in [0.1, 0.15) is 20.7 Å². The molecule has 0 heterocycles. The number of para-hydroxylation sites is 1. The van der Waals surface area contributed by atoms with Crippen LogP contribution in [0.2, 0.25) is 5.02 Å². The number of amides is 2. The van der Waals surface area contributed by atoms with E-state index in [-0.39, 0.29) is 17.3 Å². The summed E-state index contributed by atoms with van der Waals surface area (Å²) in [5.41, 5.74) is 5.45. The predicted molar refractivity (Wildman–Crippen MR) is 104 cm³/mol. The molecule has 3 N–H and O–H groups in total. The van der Waals surface area contributed by atoms with Crippen molar-refractivity contribution in [2.24, 2.45) is 0 Å². The summed E-state index contributed by atoms with van der Waals surface area (Å²) in [6.45, 7) is 3.83. The van der Waals surface area contributed by atoms with Crippen LogP contribution in [0.15, 0.2) is 61.2 Å². The molecular weight excluding hydrogens is 374 g/mol. The third-order valence-corrected chi connectivity index (χ3v) is 3.66. The van der Waals surface area contributed by atoms with Gasteiger partial charge in [-0.2, -0.15) is 0 Å². The second kappa shape index (κ2) is 9.55. The molecule has 0 atom stereocenters. The van der Waals surface area contributed by atoms with Gasteiger partial charge in [0.25, 0.3) is 11.8 Å². The van der Waals surface area contributed by atoms with Crippen LogP contribution in [0.3, 0.4) is 0 Å². The highest BCUT2D eigenvalue weighted by molar-refractivity contribution is 7.80. The molecule has 0 saturated carbocycles. The molecule has 0 spiro atoms. The third-order valence-electron chi connectivity index (χ3n) is 3.12. The van der Waals surface area contributed by atoms with E-state index in [9.17, 15) is 9.59 Å². The fraction of sp³-hybridized carbons (Fsp3) is 0.0556. The van der Waals surface area contributed by atoms with Crippen LogP contribution in [0.4, 0.5) is 0 Å². The van der Waals surface area contributed by atoms with Crippen LogP contribution >= 0.6 is 23.8 Å². The maximum Gasteiger partial charge on any atom is 0.273 e. The molecule has 2 aromatic carbocycles. The molecule has 0 unspecified atom stereocenters. The van der Waals surface area contributed by atoms with Gasteiger partial charge in [0.1, 0.15) is 12.4 Å². The molecule has 26 heavy (non-hydrogen) atoms. The van der Waals surface area contributed by atoms with Crippen LogP contribution in [-0.2, 0) is 0 Å². The van der Waals surface area contributed by atoms with Crippen molar-refractivity contribution < 1.29 is 14.3 Å². The molecule has 2 amide bonds. The first-order chi connectivity index (χ1) is 12.5. The second-order valence-corrected chi connectivity index (χ2v) is 5.75. The van der Waals surface area contributed by atoms with Crippen LogP contribution < -0.4 is 20.9 Å². The first-order valence-electron chi connectivity index (χ1n) is 7.52. The summed E-state index contributed by atoms with van der Waals surface area (Å²) in [6, 6.07) is 13.3. The van der Waals surface area contributed by atoms with Gasteiger partial charge in [-0.3, -0.25) is 25.8 Å². The van der Waals surface area contributed by atoms with Crippen LogP contribution in [0.25, 0.3) is 0 Å². The van der Waals surface area contributed by atoms with Crippen molar-refractivity contribution in [3.8, 4) is 5.75 Å². The number of hydrogen-bond acceptors (Lipinski definition) is 4. The lowest BCUT2D eigenvalue weighted by molar-refractivity contribution is 0.0931. The molecule has 6 nitrogen and oxygen atoms in total. The number of hydrogen-bond donors (Lipinski definition) is 3. The zero-order chi connectivity index (χ0) is 18.9. The minimum atomic E-state index is -0.489. The van der Waals surface area contributed by atoms with E-state index in [2.05, 4.69) is 22.7 Å². The molecule has 0 aliphatic rings. The average Bonchev–Trinajstić information content (AvgIpc) is 2.65. The zero-order valence-corrected chi connectivity index (χ0v) is 15.2. The molecule has 2 rings (SSSR count). The van der Waals surface area contributed by atoms with E-state index in [1.54, 1.807) is 54.6 Å². The van der Waals surface area contributed by atoms with Gasteiger partial charge in [0.15, 0.2) is 5.11 Å². The normalized spacial score (nSPS) is 9.73. The molecule has 0 aromatic heterocycles. The van der Waals surface area contributed by atoms with Crippen LogP contribution in [-0.4, -0.2) is 23.5 Å². The number of halogens is 1.